The molecule has 0 radical (unpaired) electrons. The number of anilines is 2. The summed E-state index contributed by atoms with van der Waals surface area (Å²) in [6.07, 6.45) is 2.91. The van der Waals surface area contributed by atoms with Crippen LogP contribution in [0.25, 0.3) is 0 Å². The molecule has 6 nitrogen and oxygen atoms in total. The maximum absolute atomic E-state index is 12.0. The summed E-state index contributed by atoms with van der Waals surface area (Å²) in [6.45, 7) is 1.97. The summed E-state index contributed by atoms with van der Waals surface area (Å²) >= 11 is 0. The molecule has 0 fully saturated rings. The number of benzene rings is 1. The Balaban J connectivity index is 2.24. The van der Waals surface area contributed by atoms with Crippen molar-refractivity contribution in [3.63, 3.8) is 0 Å². The number of carbonyl (C=O) groups is 1. The second-order valence-electron chi connectivity index (χ2n) is 3.72. The van der Waals surface area contributed by atoms with Crippen LogP contribution in [0.2, 0.25) is 0 Å². The Morgan fingerprint density at radius 2 is 2.11 bits per heavy atom. The van der Waals surface area contributed by atoms with Crippen LogP contribution < -0.4 is 10.6 Å². The van der Waals surface area contributed by atoms with E-state index in [4.69, 9.17) is 0 Å². The lowest BCUT2D eigenvalue weighted by Gasteiger charge is -2.09. The smallest absolute Gasteiger partial charge is 0.260 e. The molecule has 1 amide bonds. The quantitative estimate of drug-likeness (QED) is 0.853. The number of nitrogens with one attached hydrogen (secondary N) is 2. The Morgan fingerprint density at radius 3 is 2.78 bits per heavy atom. The van der Waals surface area contributed by atoms with Gasteiger partial charge < -0.3 is 5.32 Å². The second kappa shape index (κ2) is 5.22. The average molecular weight is 243 g/mol. The number of carbonyl (C=O) groups excluding carboxylic acids is 1. The average Bonchev–Trinajstić information content (AvgIpc) is 2.39. The van der Waals surface area contributed by atoms with Gasteiger partial charge in [-0.15, -0.1) is 5.10 Å². The molecule has 18 heavy (non-hydrogen) atoms. The SMILES string of the molecule is CNc1cc(C)ccc1C(=O)Nc1nccnn1. The Kier molecular flexibility index (Phi) is 3.47. The first-order valence-corrected chi connectivity index (χ1v) is 5.44. The molecule has 0 unspecified atom stereocenters. The van der Waals surface area contributed by atoms with Crippen LogP contribution in [0, 0.1) is 6.92 Å². The van der Waals surface area contributed by atoms with Crippen molar-refractivity contribution < 1.29 is 4.79 Å². The van der Waals surface area contributed by atoms with E-state index < -0.39 is 0 Å². The van der Waals surface area contributed by atoms with Crippen LogP contribution in [0.15, 0.2) is 30.6 Å². The summed E-state index contributed by atoms with van der Waals surface area (Å²) in [7, 11) is 1.77. The van der Waals surface area contributed by atoms with Gasteiger partial charge in [-0.3, -0.25) is 10.1 Å². The zero-order valence-electron chi connectivity index (χ0n) is 10.1. The molecule has 2 rings (SSSR count). The predicted molar refractivity (Wildman–Crippen MR) is 68.5 cm³/mol. The molecule has 0 bridgehead atoms. The van der Waals surface area contributed by atoms with Gasteiger partial charge in [-0.05, 0) is 24.6 Å². The van der Waals surface area contributed by atoms with Crippen molar-refractivity contribution in [2.24, 2.45) is 0 Å². The molecule has 2 N–H and O–H groups in total. The normalized spacial score (nSPS) is 9.89. The van der Waals surface area contributed by atoms with Crippen LogP contribution in [-0.2, 0) is 0 Å². The van der Waals surface area contributed by atoms with Crippen molar-refractivity contribution in [1.29, 1.82) is 0 Å². The van der Waals surface area contributed by atoms with E-state index in [9.17, 15) is 4.79 Å². The fourth-order valence-electron chi connectivity index (χ4n) is 1.54. The molecule has 0 atom stereocenters. The van der Waals surface area contributed by atoms with Gasteiger partial charge in [-0.2, -0.15) is 5.10 Å². The monoisotopic (exact) mass is 243 g/mol. The third kappa shape index (κ3) is 2.60. The summed E-state index contributed by atoms with van der Waals surface area (Å²) in [5.74, 6) is -0.0857. The maximum atomic E-state index is 12.0. The first-order valence-electron chi connectivity index (χ1n) is 5.44. The van der Waals surface area contributed by atoms with E-state index in [0.29, 0.717) is 5.56 Å². The van der Waals surface area contributed by atoms with E-state index in [1.165, 1.54) is 12.4 Å². The minimum Gasteiger partial charge on any atom is -0.387 e. The third-order valence-electron chi connectivity index (χ3n) is 2.40. The molecule has 1 aromatic carbocycles. The number of nitrogens with zero attached hydrogens (tertiary/aromatic N) is 3. The van der Waals surface area contributed by atoms with Crippen molar-refractivity contribution >= 4 is 17.5 Å². The van der Waals surface area contributed by atoms with Crippen molar-refractivity contribution in [2.45, 2.75) is 6.92 Å². The van der Waals surface area contributed by atoms with E-state index in [2.05, 4.69) is 25.8 Å². The Labute approximate surface area is 104 Å². The zero-order chi connectivity index (χ0) is 13.0. The minimum absolute atomic E-state index is 0.185. The standard InChI is InChI=1S/C12H13N5O/c1-8-3-4-9(10(7-8)13-2)11(18)16-12-14-5-6-15-17-12/h3-7,13H,1-2H3,(H,14,16,17,18). The van der Waals surface area contributed by atoms with E-state index in [0.717, 1.165) is 11.3 Å². The van der Waals surface area contributed by atoms with Crippen LogP contribution >= 0.6 is 0 Å². The van der Waals surface area contributed by atoms with Crippen LogP contribution in [0.4, 0.5) is 11.6 Å². The molecular weight excluding hydrogens is 230 g/mol. The van der Waals surface area contributed by atoms with Crippen LogP contribution in [0.3, 0.4) is 0 Å². The topological polar surface area (TPSA) is 79.8 Å². The van der Waals surface area contributed by atoms with Gasteiger partial charge in [-0.25, -0.2) is 4.98 Å². The number of rotatable bonds is 3. The Hall–Kier alpha value is -2.50. The van der Waals surface area contributed by atoms with Gasteiger partial charge in [0.1, 0.15) is 0 Å². The zero-order valence-corrected chi connectivity index (χ0v) is 10.1. The van der Waals surface area contributed by atoms with Crippen LogP contribution in [0.1, 0.15) is 15.9 Å². The van der Waals surface area contributed by atoms with E-state index >= 15 is 0 Å². The van der Waals surface area contributed by atoms with Gasteiger partial charge in [0.25, 0.3) is 5.91 Å². The lowest BCUT2D eigenvalue weighted by Crippen LogP contribution is -2.16. The third-order valence-corrected chi connectivity index (χ3v) is 2.40. The number of aromatic nitrogens is 3. The van der Waals surface area contributed by atoms with Crippen molar-refractivity contribution in [2.75, 3.05) is 17.7 Å². The molecule has 1 heterocycles. The lowest BCUT2D eigenvalue weighted by atomic mass is 10.1. The van der Waals surface area contributed by atoms with E-state index in [1.807, 2.05) is 19.1 Å². The van der Waals surface area contributed by atoms with Gasteiger partial charge >= 0.3 is 0 Å². The Bertz CT molecular complexity index is 556. The van der Waals surface area contributed by atoms with Gasteiger partial charge in [-0.1, -0.05) is 6.07 Å². The van der Waals surface area contributed by atoms with Crippen LogP contribution in [0.5, 0.6) is 0 Å². The molecule has 0 aliphatic heterocycles. The maximum Gasteiger partial charge on any atom is 0.260 e. The lowest BCUT2D eigenvalue weighted by molar-refractivity contribution is 0.102. The summed E-state index contributed by atoms with van der Waals surface area (Å²) in [4.78, 5) is 15.9. The number of amides is 1. The molecule has 0 saturated carbocycles. The summed E-state index contributed by atoms with van der Waals surface area (Å²) in [5, 5.41) is 12.9. The summed E-state index contributed by atoms with van der Waals surface area (Å²) < 4.78 is 0. The van der Waals surface area contributed by atoms with Crippen molar-refractivity contribution in [3.8, 4) is 0 Å². The van der Waals surface area contributed by atoms with Gasteiger partial charge in [0.05, 0.1) is 18.0 Å². The summed E-state index contributed by atoms with van der Waals surface area (Å²) in [6, 6.07) is 5.53. The highest BCUT2D eigenvalue weighted by Crippen LogP contribution is 2.17. The molecule has 2 aromatic rings. The molecule has 6 heteroatoms. The largest absolute Gasteiger partial charge is 0.387 e. The predicted octanol–water partition coefficient (Wildman–Crippen LogP) is 1.47. The van der Waals surface area contributed by atoms with E-state index in [-0.39, 0.29) is 11.9 Å². The van der Waals surface area contributed by atoms with Crippen LogP contribution in [-0.4, -0.2) is 28.1 Å². The molecule has 1 aromatic heterocycles. The van der Waals surface area contributed by atoms with E-state index in [1.54, 1.807) is 13.1 Å². The fourth-order valence-corrected chi connectivity index (χ4v) is 1.54. The molecule has 0 aliphatic carbocycles. The number of hydrogen-bond donors (Lipinski definition) is 2. The highest BCUT2D eigenvalue weighted by molar-refractivity contribution is 6.07. The number of aryl methyl sites for hydroxylation is 1. The molecule has 92 valence electrons. The van der Waals surface area contributed by atoms with Gasteiger partial charge in [0.2, 0.25) is 5.95 Å². The number of hydrogen-bond acceptors (Lipinski definition) is 5. The minimum atomic E-state index is -0.271. The molecule has 0 aliphatic rings. The molecular formula is C12H13N5O. The second-order valence-corrected chi connectivity index (χ2v) is 3.72. The van der Waals surface area contributed by atoms with Crippen molar-refractivity contribution in [3.05, 3.63) is 41.7 Å². The first kappa shape index (κ1) is 12.0. The Morgan fingerprint density at radius 1 is 1.28 bits per heavy atom. The van der Waals surface area contributed by atoms with Crippen molar-refractivity contribution in [1.82, 2.24) is 15.2 Å². The summed E-state index contributed by atoms with van der Waals surface area (Å²) in [5.41, 5.74) is 2.38. The van der Waals surface area contributed by atoms with Gasteiger partial charge in [0.15, 0.2) is 0 Å². The fraction of sp³-hybridized carbons (Fsp3) is 0.167. The molecule has 0 spiro atoms. The highest BCUT2D eigenvalue weighted by Gasteiger charge is 2.12. The van der Waals surface area contributed by atoms with Gasteiger partial charge in [0, 0.05) is 12.7 Å². The highest BCUT2D eigenvalue weighted by atomic mass is 16.1. The molecule has 0 saturated heterocycles. The first-order chi connectivity index (χ1) is 8.70.